The Morgan fingerprint density at radius 3 is 2.77 bits per heavy atom. The van der Waals surface area contributed by atoms with E-state index < -0.39 is 5.41 Å². The topological polar surface area (TPSA) is 46.6 Å². The second-order valence-electron chi connectivity index (χ2n) is 6.79. The van der Waals surface area contributed by atoms with Gasteiger partial charge >= 0.3 is 5.97 Å². The molecule has 4 heteroatoms. The van der Waals surface area contributed by atoms with Gasteiger partial charge in [0.1, 0.15) is 5.41 Å². The normalized spacial score (nSPS) is 28.1. The standard InChI is InChI=1S/C18H23NO3/c1-13(2)22-17(21)18-9-8-15(16(18)20)11-19(12-18)10-14-6-4-3-5-7-14/h3-7,13,15H,8-12H2,1-2H3. The Morgan fingerprint density at radius 2 is 2.09 bits per heavy atom. The predicted molar refractivity (Wildman–Crippen MR) is 83.1 cm³/mol. The maximum Gasteiger partial charge on any atom is 0.321 e. The highest BCUT2D eigenvalue weighted by molar-refractivity contribution is 6.07. The first kappa shape index (κ1) is 15.2. The number of piperidine rings is 1. The molecule has 1 saturated heterocycles. The number of esters is 1. The van der Waals surface area contributed by atoms with Crippen molar-refractivity contribution in [1.29, 1.82) is 0 Å². The van der Waals surface area contributed by atoms with Crippen LogP contribution in [0.5, 0.6) is 0 Å². The zero-order chi connectivity index (χ0) is 15.7. The van der Waals surface area contributed by atoms with Gasteiger partial charge in [0.2, 0.25) is 0 Å². The van der Waals surface area contributed by atoms with Crippen LogP contribution in [0.3, 0.4) is 0 Å². The zero-order valence-electron chi connectivity index (χ0n) is 13.2. The van der Waals surface area contributed by atoms with Crippen LogP contribution in [0.2, 0.25) is 0 Å². The van der Waals surface area contributed by atoms with Crippen LogP contribution >= 0.6 is 0 Å². The first-order valence-electron chi connectivity index (χ1n) is 8.03. The van der Waals surface area contributed by atoms with E-state index in [2.05, 4.69) is 17.0 Å². The Balaban J connectivity index is 1.78. The summed E-state index contributed by atoms with van der Waals surface area (Å²) in [6, 6.07) is 10.2. The van der Waals surface area contributed by atoms with E-state index in [1.165, 1.54) is 5.56 Å². The zero-order valence-corrected chi connectivity index (χ0v) is 13.2. The van der Waals surface area contributed by atoms with E-state index in [1.54, 1.807) is 0 Å². The van der Waals surface area contributed by atoms with Gasteiger partial charge in [-0.25, -0.2) is 0 Å². The molecule has 0 amide bonds. The molecular formula is C18H23NO3. The SMILES string of the molecule is CC(C)OC(=O)C12CCC(CN(Cc3ccccc3)C1)C2=O. The molecule has 2 fully saturated rings. The van der Waals surface area contributed by atoms with Gasteiger partial charge in [-0.05, 0) is 32.3 Å². The first-order valence-corrected chi connectivity index (χ1v) is 8.03. The molecule has 0 spiro atoms. The summed E-state index contributed by atoms with van der Waals surface area (Å²) in [7, 11) is 0. The highest BCUT2D eigenvalue weighted by atomic mass is 16.5. The average molecular weight is 301 g/mol. The van der Waals surface area contributed by atoms with Crippen LogP contribution < -0.4 is 0 Å². The van der Waals surface area contributed by atoms with Crippen molar-refractivity contribution in [3.63, 3.8) is 0 Å². The molecular weight excluding hydrogens is 278 g/mol. The summed E-state index contributed by atoms with van der Waals surface area (Å²) in [5.41, 5.74) is 0.283. The third-order valence-corrected chi connectivity index (χ3v) is 4.72. The number of nitrogens with zero attached hydrogens (tertiary/aromatic N) is 1. The number of likely N-dealkylation sites (tertiary alicyclic amines) is 1. The smallest absolute Gasteiger partial charge is 0.321 e. The monoisotopic (exact) mass is 301 g/mol. The molecule has 1 heterocycles. The van der Waals surface area contributed by atoms with Gasteiger partial charge in [0.25, 0.3) is 0 Å². The molecule has 0 aromatic heterocycles. The first-order chi connectivity index (χ1) is 10.5. The lowest BCUT2D eigenvalue weighted by atomic mass is 9.80. The molecule has 2 bridgehead atoms. The van der Waals surface area contributed by atoms with E-state index in [0.29, 0.717) is 13.0 Å². The van der Waals surface area contributed by atoms with Gasteiger partial charge in [0, 0.05) is 25.6 Å². The van der Waals surface area contributed by atoms with Crippen LogP contribution in [0.15, 0.2) is 30.3 Å². The molecule has 2 unspecified atom stereocenters. The molecule has 2 atom stereocenters. The Kier molecular flexibility index (Phi) is 4.04. The summed E-state index contributed by atoms with van der Waals surface area (Å²) < 4.78 is 5.39. The fraction of sp³-hybridized carbons (Fsp3) is 0.556. The summed E-state index contributed by atoms with van der Waals surface area (Å²) in [5.74, 6) is -0.243. The second-order valence-corrected chi connectivity index (χ2v) is 6.79. The van der Waals surface area contributed by atoms with Crippen LogP contribution in [0.4, 0.5) is 0 Å². The summed E-state index contributed by atoms with van der Waals surface area (Å²) in [5, 5.41) is 0. The summed E-state index contributed by atoms with van der Waals surface area (Å²) in [6.45, 7) is 5.68. The highest BCUT2D eigenvalue weighted by Crippen LogP contribution is 2.44. The molecule has 3 rings (SSSR count). The van der Waals surface area contributed by atoms with Crippen molar-refractivity contribution in [1.82, 2.24) is 4.90 Å². The maximum atomic E-state index is 12.6. The van der Waals surface area contributed by atoms with Crippen molar-refractivity contribution in [3.8, 4) is 0 Å². The Morgan fingerprint density at radius 1 is 1.36 bits per heavy atom. The molecule has 2 aliphatic rings. The van der Waals surface area contributed by atoms with E-state index in [0.717, 1.165) is 19.5 Å². The number of hydrogen-bond acceptors (Lipinski definition) is 4. The van der Waals surface area contributed by atoms with Crippen LogP contribution in [0.25, 0.3) is 0 Å². The number of ketones is 1. The van der Waals surface area contributed by atoms with E-state index in [1.807, 2.05) is 32.0 Å². The number of hydrogen-bond donors (Lipinski definition) is 0. The number of Topliss-reactive ketones (excluding diaryl/α,β-unsaturated/α-hetero) is 1. The molecule has 1 aromatic rings. The Labute approximate surface area is 131 Å². The molecule has 118 valence electrons. The minimum atomic E-state index is -0.929. The minimum absolute atomic E-state index is 0.0165. The average Bonchev–Trinajstić information content (AvgIpc) is 2.68. The number of carbonyl (C=O) groups is 2. The molecule has 1 saturated carbocycles. The molecule has 0 N–H and O–H groups in total. The van der Waals surface area contributed by atoms with E-state index in [9.17, 15) is 9.59 Å². The van der Waals surface area contributed by atoms with Crippen LogP contribution in [0, 0.1) is 11.3 Å². The van der Waals surface area contributed by atoms with E-state index in [4.69, 9.17) is 4.74 Å². The molecule has 0 radical (unpaired) electrons. The summed E-state index contributed by atoms with van der Waals surface area (Å²) in [6.07, 6.45) is 1.25. The Bertz CT molecular complexity index is 569. The van der Waals surface area contributed by atoms with Gasteiger partial charge in [-0.1, -0.05) is 30.3 Å². The number of fused-ring (bicyclic) bond motifs is 2. The lowest BCUT2D eigenvalue weighted by Crippen LogP contribution is -2.53. The number of ether oxygens (including phenoxy) is 1. The fourth-order valence-corrected chi connectivity index (χ4v) is 3.71. The molecule has 4 nitrogen and oxygen atoms in total. The summed E-state index contributed by atoms with van der Waals surface area (Å²) in [4.78, 5) is 27.4. The highest BCUT2D eigenvalue weighted by Gasteiger charge is 2.58. The van der Waals surface area contributed by atoms with Gasteiger partial charge in [-0.3, -0.25) is 14.5 Å². The van der Waals surface area contributed by atoms with Gasteiger partial charge in [0.15, 0.2) is 5.78 Å². The van der Waals surface area contributed by atoms with Crippen molar-refractivity contribution in [2.45, 2.75) is 39.3 Å². The van der Waals surface area contributed by atoms with Crippen molar-refractivity contribution >= 4 is 11.8 Å². The van der Waals surface area contributed by atoms with Crippen molar-refractivity contribution < 1.29 is 14.3 Å². The van der Waals surface area contributed by atoms with Crippen LogP contribution in [0.1, 0.15) is 32.3 Å². The molecule has 1 aliphatic carbocycles. The third kappa shape index (κ3) is 2.68. The van der Waals surface area contributed by atoms with Crippen LogP contribution in [-0.2, 0) is 20.9 Å². The summed E-state index contributed by atoms with van der Waals surface area (Å²) >= 11 is 0. The van der Waals surface area contributed by atoms with Gasteiger partial charge < -0.3 is 4.74 Å². The van der Waals surface area contributed by atoms with Gasteiger partial charge in [-0.15, -0.1) is 0 Å². The van der Waals surface area contributed by atoms with Crippen molar-refractivity contribution in [2.24, 2.45) is 11.3 Å². The van der Waals surface area contributed by atoms with Crippen molar-refractivity contribution in [2.75, 3.05) is 13.1 Å². The van der Waals surface area contributed by atoms with E-state index in [-0.39, 0.29) is 23.8 Å². The van der Waals surface area contributed by atoms with E-state index >= 15 is 0 Å². The maximum absolute atomic E-state index is 12.6. The fourth-order valence-electron chi connectivity index (χ4n) is 3.71. The molecule has 1 aliphatic heterocycles. The van der Waals surface area contributed by atoms with Crippen molar-refractivity contribution in [3.05, 3.63) is 35.9 Å². The third-order valence-electron chi connectivity index (χ3n) is 4.72. The second kappa shape index (κ2) is 5.84. The lowest BCUT2D eigenvalue weighted by Gasteiger charge is -2.37. The lowest BCUT2D eigenvalue weighted by molar-refractivity contribution is -0.166. The van der Waals surface area contributed by atoms with Gasteiger partial charge in [-0.2, -0.15) is 0 Å². The van der Waals surface area contributed by atoms with Gasteiger partial charge in [0.05, 0.1) is 6.10 Å². The predicted octanol–water partition coefficient (Wildman–Crippen LogP) is 2.42. The molecule has 1 aromatic carbocycles. The number of benzene rings is 1. The number of rotatable bonds is 4. The quantitative estimate of drug-likeness (QED) is 0.633. The largest absolute Gasteiger partial charge is 0.462 e. The van der Waals surface area contributed by atoms with Crippen LogP contribution in [-0.4, -0.2) is 35.8 Å². The number of carbonyl (C=O) groups excluding carboxylic acids is 2. The Hall–Kier alpha value is -1.68. The minimum Gasteiger partial charge on any atom is -0.462 e. The molecule has 22 heavy (non-hydrogen) atoms.